The highest BCUT2D eigenvalue weighted by Gasteiger charge is 2.36. The lowest BCUT2D eigenvalue weighted by Gasteiger charge is -2.31. The number of carbonyl (C=O) groups excluding carboxylic acids is 3. The summed E-state index contributed by atoms with van der Waals surface area (Å²) in [6.07, 6.45) is 1.70. The number of hydrogen-bond donors (Lipinski definition) is 3. The number of nitrogens with one attached hydrogen (secondary N) is 1. The van der Waals surface area contributed by atoms with E-state index in [1.165, 1.54) is 4.90 Å². The lowest BCUT2D eigenvalue weighted by atomic mass is 10.0. The van der Waals surface area contributed by atoms with Gasteiger partial charge >= 0.3 is 0 Å². The largest absolute Gasteiger partial charge is 0.497 e. The standard InChI is InChI=1S/C26H29N5O5S/c1-15-5-9-17(10-6-15)31(26(34)23-20(27)21(24(28)32)30-37-23)22(16-7-11-18(35-2)12-8-16)25(33)29-14-19-4-3-13-36-19/h5-12,19,22H,3-4,13-14,27H2,1-2H3,(H2,28,32)(H,29,33)/t19-,22-/m0/s1. The number of carbonyl (C=O) groups is 3. The van der Waals surface area contributed by atoms with Crippen LogP contribution in [0.3, 0.4) is 0 Å². The summed E-state index contributed by atoms with van der Waals surface area (Å²) in [6.45, 7) is 2.89. The van der Waals surface area contributed by atoms with Gasteiger partial charge in [0.15, 0.2) is 5.69 Å². The van der Waals surface area contributed by atoms with Crippen LogP contribution in [0.2, 0.25) is 0 Å². The average Bonchev–Trinajstić information content (AvgIpc) is 3.56. The van der Waals surface area contributed by atoms with Gasteiger partial charge in [0.05, 0.1) is 18.9 Å². The van der Waals surface area contributed by atoms with Crippen molar-refractivity contribution in [3.63, 3.8) is 0 Å². The number of nitrogens with zero attached hydrogens (tertiary/aromatic N) is 2. The van der Waals surface area contributed by atoms with E-state index in [1.807, 2.05) is 19.1 Å². The molecule has 1 saturated heterocycles. The predicted molar refractivity (Wildman–Crippen MR) is 141 cm³/mol. The van der Waals surface area contributed by atoms with Crippen molar-refractivity contribution >= 4 is 40.6 Å². The number of methoxy groups -OCH3 is 1. The molecule has 2 atom stereocenters. The maximum absolute atomic E-state index is 14.0. The summed E-state index contributed by atoms with van der Waals surface area (Å²) < 4.78 is 14.9. The molecule has 37 heavy (non-hydrogen) atoms. The first-order valence-electron chi connectivity index (χ1n) is 11.8. The predicted octanol–water partition coefficient (Wildman–Crippen LogP) is 2.82. The summed E-state index contributed by atoms with van der Waals surface area (Å²) in [6, 6.07) is 13.0. The SMILES string of the molecule is COc1ccc([C@@H](C(=O)NC[C@@H]2CCCO2)N(C(=O)c2snc(C(N)=O)c2N)c2ccc(C)cc2)cc1. The molecule has 0 bridgehead atoms. The molecule has 3 amide bonds. The molecule has 4 rings (SSSR count). The first-order chi connectivity index (χ1) is 17.8. The molecule has 0 radical (unpaired) electrons. The fraction of sp³-hybridized carbons (Fsp3) is 0.308. The van der Waals surface area contributed by atoms with Crippen molar-refractivity contribution in [2.45, 2.75) is 31.9 Å². The van der Waals surface area contributed by atoms with Gasteiger partial charge in [-0.2, -0.15) is 4.37 Å². The summed E-state index contributed by atoms with van der Waals surface area (Å²) in [4.78, 5) is 40.9. The molecule has 0 spiro atoms. The Labute approximate surface area is 218 Å². The molecule has 3 aromatic rings. The maximum Gasteiger partial charge on any atom is 0.273 e. The van der Waals surface area contributed by atoms with Crippen molar-refractivity contribution in [3.8, 4) is 5.75 Å². The van der Waals surface area contributed by atoms with Crippen molar-refractivity contribution in [3.05, 3.63) is 70.2 Å². The number of anilines is 2. The number of primary amides is 1. The molecule has 0 saturated carbocycles. The number of nitrogen functional groups attached to an aromatic ring is 1. The molecule has 0 unspecified atom stereocenters. The van der Waals surface area contributed by atoms with Crippen molar-refractivity contribution in [1.29, 1.82) is 0 Å². The van der Waals surface area contributed by atoms with Gasteiger partial charge in [0.2, 0.25) is 5.91 Å². The second kappa shape index (κ2) is 11.4. The number of aromatic nitrogens is 1. The molecule has 1 aliphatic rings. The molecule has 1 aromatic heterocycles. The first-order valence-corrected chi connectivity index (χ1v) is 12.6. The highest BCUT2D eigenvalue weighted by Crippen LogP contribution is 2.34. The Morgan fingerprint density at radius 2 is 1.89 bits per heavy atom. The van der Waals surface area contributed by atoms with E-state index in [0.717, 1.165) is 29.9 Å². The summed E-state index contributed by atoms with van der Waals surface area (Å²) in [5.74, 6) is -1.21. The van der Waals surface area contributed by atoms with Gasteiger partial charge in [-0.3, -0.25) is 19.3 Å². The van der Waals surface area contributed by atoms with E-state index in [2.05, 4.69) is 9.69 Å². The van der Waals surface area contributed by atoms with Crippen molar-refractivity contribution in [2.75, 3.05) is 30.9 Å². The van der Waals surface area contributed by atoms with Gasteiger partial charge in [-0.05, 0) is 61.1 Å². The summed E-state index contributed by atoms with van der Waals surface area (Å²) in [7, 11) is 1.55. The number of nitrogens with two attached hydrogens (primary N) is 2. The molecule has 2 heterocycles. The number of benzene rings is 2. The van der Waals surface area contributed by atoms with Gasteiger partial charge in [0, 0.05) is 18.8 Å². The van der Waals surface area contributed by atoms with Crippen LogP contribution >= 0.6 is 11.5 Å². The van der Waals surface area contributed by atoms with Crippen LogP contribution in [-0.4, -0.2) is 48.5 Å². The first kappa shape index (κ1) is 26.1. The maximum atomic E-state index is 14.0. The van der Waals surface area contributed by atoms with E-state index in [-0.39, 0.29) is 22.4 Å². The van der Waals surface area contributed by atoms with Crippen LogP contribution in [0.15, 0.2) is 48.5 Å². The normalized spacial score (nSPS) is 15.7. The summed E-state index contributed by atoms with van der Waals surface area (Å²) in [5.41, 5.74) is 13.2. The smallest absolute Gasteiger partial charge is 0.273 e. The van der Waals surface area contributed by atoms with Gasteiger partial charge in [-0.25, -0.2) is 0 Å². The van der Waals surface area contributed by atoms with Crippen LogP contribution < -0.4 is 26.4 Å². The zero-order valence-corrected chi connectivity index (χ0v) is 21.4. The molecule has 194 valence electrons. The zero-order chi connectivity index (χ0) is 26.5. The summed E-state index contributed by atoms with van der Waals surface area (Å²) in [5, 5.41) is 2.95. The number of ether oxygens (including phenoxy) is 2. The molecule has 11 heteroatoms. The minimum Gasteiger partial charge on any atom is -0.497 e. The van der Waals surface area contributed by atoms with Crippen molar-refractivity contribution in [2.24, 2.45) is 5.73 Å². The highest BCUT2D eigenvalue weighted by molar-refractivity contribution is 7.09. The Balaban J connectivity index is 1.80. The molecular weight excluding hydrogens is 494 g/mol. The van der Waals surface area contributed by atoms with Crippen LogP contribution in [0.25, 0.3) is 0 Å². The molecule has 1 aliphatic heterocycles. The second-order valence-corrected chi connectivity index (χ2v) is 9.48. The topological polar surface area (TPSA) is 150 Å². The monoisotopic (exact) mass is 523 g/mol. The third kappa shape index (κ3) is 5.73. The lowest BCUT2D eigenvalue weighted by Crippen LogP contribution is -2.45. The zero-order valence-electron chi connectivity index (χ0n) is 20.6. The molecule has 2 aromatic carbocycles. The Morgan fingerprint density at radius 1 is 1.19 bits per heavy atom. The third-order valence-electron chi connectivity index (χ3n) is 6.15. The summed E-state index contributed by atoms with van der Waals surface area (Å²) >= 11 is 0.764. The molecule has 0 aliphatic carbocycles. The molecular formula is C26H29N5O5S. The van der Waals surface area contributed by atoms with E-state index in [9.17, 15) is 14.4 Å². The van der Waals surface area contributed by atoms with E-state index in [0.29, 0.717) is 30.2 Å². The lowest BCUT2D eigenvalue weighted by molar-refractivity contribution is -0.123. The fourth-order valence-corrected chi connectivity index (χ4v) is 4.89. The number of rotatable bonds is 9. The van der Waals surface area contributed by atoms with Crippen LogP contribution in [0.5, 0.6) is 5.75 Å². The van der Waals surface area contributed by atoms with E-state index in [1.54, 1.807) is 43.5 Å². The number of hydrogen-bond acceptors (Lipinski definition) is 8. The Kier molecular flexibility index (Phi) is 8.04. The quantitative estimate of drug-likeness (QED) is 0.390. The highest BCUT2D eigenvalue weighted by atomic mass is 32.1. The minimum absolute atomic E-state index is 0.0137. The van der Waals surface area contributed by atoms with Crippen LogP contribution in [0, 0.1) is 6.92 Å². The van der Waals surface area contributed by atoms with E-state index in [4.69, 9.17) is 20.9 Å². The Hall–Kier alpha value is -3.96. The fourth-order valence-electron chi connectivity index (χ4n) is 4.15. The van der Waals surface area contributed by atoms with Gasteiger partial charge in [-0.15, -0.1) is 0 Å². The van der Waals surface area contributed by atoms with Gasteiger partial charge in [0.1, 0.15) is 16.7 Å². The van der Waals surface area contributed by atoms with Crippen LogP contribution in [-0.2, 0) is 9.53 Å². The van der Waals surface area contributed by atoms with Crippen molar-refractivity contribution in [1.82, 2.24) is 9.69 Å². The number of amides is 3. The van der Waals surface area contributed by atoms with E-state index < -0.39 is 23.8 Å². The molecule has 1 fully saturated rings. The Bertz CT molecular complexity index is 1270. The third-order valence-corrected chi connectivity index (χ3v) is 7.00. The Morgan fingerprint density at radius 3 is 2.46 bits per heavy atom. The van der Waals surface area contributed by atoms with E-state index >= 15 is 0 Å². The van der Waals surface area contributed by atoms with Crippen LogP contribution in [0.1, 0.15) is 50.2 Å². The second-order valence-electron chi connectivity index (χ2n) is 8.70. The minimum atomic E-state index is -1.07. The molecule has 10 nitrogen and oxygen atoms in total. The number of aryl methyl sites for hydroxylation is 1. The van der Waals surface area contributed by atoms with Gasteiger partial charge in [-0.1, -0.05) is 29.8 Å². The van der Waals surface area contributed by atoms with Crippen LogP contribution in [0.4, 0.5) is 11.4 Å². The molecule has 5 N–H and O–H groups in total. The van der Waals surface area contributed by atoms with Crippen molar-refractivity contribution < 1.29 is 23.9 Å². The average molecular weight is 524 g/mol. The van der Waals surface area contributed by atoms with Gasteiger partial charge in [0.25, 0.3) is 11.8 Å². The van der Waals surface area contributed by atoms with Gasteiger partial charge < -0.3 is 26.3 Å².